The summed E-state index contributed by atoms with van der Waals surface area (Å²) in [6, 6.07) is 16.5. The Morgan fingerprint density at radius 2 is 1.73 bits per heavy atom. The van der Waals surface area contributed by atoms with E-state index < -0.39 is 11.4 Å². The lowest BCUT2D eigenvalue weighted by Crippen LogP contribution is -2.46. The van der Waals surface area contributed by atoms with Gasteiger partial charge in [0.05, 0.1) is 11.3 Å². The Hall–Kier alpha value is -3.42. The van der Waals surface area contributed by atoms with Crippen molar-refractivity contribution in [1.82, 2.24) is 19.7 Å². The second-order valence-electron chi connectivity index (χ2n) is 12.4. The van der Waals surface area contributed by atoms with Gasteiger partial charge in [0.25, 0.3) is 5.91 Å². The number of aliphatic carboxylic acids is 1. The van der Waals surface area contributed by atoms with Gasteiger partial charge in [0, 0.05) is 47.2 Å². The van der Waals surface area contributed by atoms with Gasteiger partial charge in [-0.2, -0.15) is 0 Å². The number of rotatable bonds is 5. The zero-order chi connectivity index (χ0) is 27.9. The molecule has 0 bridgehead atoms. The Morgan fingerprint density at radius 1 is 0.975 bits per heavy atom. The molecule has 40 heavy (non-hydrogen) atoms. The molecule has 3 aliphatic heterocycles. The van der Waals surface area contributed by atoms with E-state index in [-0.39, 0.29) is 11.5 Å². The number of benzene rings is 2. The smallest absolute Gasteiger partial charge is 0.339 e. The van der Waals surface area contributed by atoms with Crippen molar-refractivity contribution >= 4 is 28.4 Å². The number of carbonyl (C=O) groups excluding carboxylic acids is 1. The second-order valence-corrected chi connectivity index (χ2v) is 12.4. The average molecular weight is 541 g/mol. The first-order valence-electron chi connectivity index (χ1n) is 14.7. The van der Waals surface area contributed by atoms with Crippen molar-refractivity contribution in [3.8, 4) is 0 Å². The third-order valence-corrected chi connectivity index (χ3v) is 9.04. The highest BCUT2D eigenvalue weighted by atomic mass is 16.4. The fraction of sp³-hybridized carbons (Fsp3) is 0.455. The lowest BCUT2D eigenvalue weighted by molar-refractivity contribution is -0.130. The number of para-hydroxylation sites is 1. The quantitative estimate of drug-likeness (QED) is 0.448. The minimum absolute atomic E-state index is 0.109. The molecule has 2 fully saturated rings. The van der Waals surface area contributed by atoms with E-state index in [1.165, 1.54) is 51.4 Å². The van der Waals surface area contributed by atoms with Gasteiger partial charge in [0.2, 0.25) is 0 Å². The van der Waals surface area contributed by atoms with E-state index in [2.05, 4.69) is 34.7 Å². The van der Waals surface area contributed by atoms with Crippen LogP contribution >= 0.6 is 0 Å². The molecule has 3 aliphatic rings. The number of nitrogens with zero attached hydrogens (tertiary/aromatic N) is 3. The molecule has 210 valence electrons. The second kappa shape index (κ2) is 10.9. The van der Waals surface area contributed by atoms with Gasteiger partial charge in [-0.3, -0.25) is 9.69 Å². The molecule has 2 N–H and O–H groups in total. The summed E-state index contributed by atoms with van der Waals surface area (Å²) in [6.45, 7) is 10.0. The van der Waals surface area contributed by atoms with Gasteiger partial charge >= 0.3 is 5.97 Å². The van der Waals surface area contributed by atoms with Crippen molar-refractivity contribution < 1.29 is 14.7 Å². The van der Waals surface area contributed by atoms with Crippen molar-refractivity contribution in [3.05, 3.63) is 77.1 Å². The van der Waals surface area contributed by atoms with Crippen LogP contribution in [0.1, 0.15) is 73.1 Å². The third kappa shape index (κ3) is 5.20. The highest BCUT2D eigenvalue weighted by Crippen LogP contribution is 2.40. The molecule has 4 heterocycles. The standard InChI is InChI=1S/C33H40N4O3/c1-33(2)22-37(21-27(32(39)40)30-29(33)26-11-4-5-12-28(26)34-30)31(38)24-10-8-9-23(19-24)20-35-17-13-25(14-18-35)36-15-6-3-7-16-36/h4-5,8-12,19,21,25,34H,3,6-7,13-18,20,22H2,1-2H3,(H,39,40). The van der Waals surface area contributed by atoms with Crippen molar-refractivity contribution in [3.63, 3.8) is 0 Å². The molecule has 0 unspecified atom stereocenters. The number of carbonyl (C=O) groups is 2. The zero-order valence-corrected chi connectivity index (χ0v) is 23.7. The number of carboxylic acids is 1. The number of aromatic nitrogens is 1. The van der Waals surface area contributed by atoms with Crippen LogP contribution in [0.2, 0.25) is 0 Å². The molecule has 6 rings (SSSR count). The minimum Gasteiger partial charge on any atom is -0.478 e. The molecule has 0 atom stereocenters. The highest BCUT2D eigenvalue weighted by Gasteiger charge is 2.37. The number of nitrogens with one attached hydrogen (secondary N) is 1. The Bertz CT molecular complexity index is 1440. The van der Waals surface area contributed by atoms with Crippen LogP contribution in [0.25, 0.3) is 16.5 Å². The van der Waals surface area contributed by atoms with Crippen LogP contribution in [-0.4, -0.2) is 75.4 Å². The molecular formula is C33H40N4O3. The number of amides is 1. The number of aromatic amines is 1. The van der Waals surface area contributed by atoms with Gasteiger partial charge < -0.3 is 19.9 Å². The number of carboxylic acid groups (broad SMARTS) is 1. The molecule has 2 aromatic carbocycles. The first-order chi connectivity index (χ1) is 19.3. The number of fused-ring (bicyclic) bond motifs is 3. The molecule has 7 heteroatoms. The Morgan fingerprint density at radius 3 is 2.48 bits per heavy atom. The monoisotopic (exact) mass is 540 g/mol. The summed E-state index contributed by atoms with van der Waals surface area (Å²) in [4.78, 5) is 36.4. The van der Waals surface area contributed by atoms with Crippen LogP contribution in [0.4, 0.5) is 0 Å². The topological polar surface area (TPSA) is 79.9 Å². The van der Waals surface area contributed by atoms with Gasteiger partial charge in [0.1, 0.15) is 0 Å². The summed E-state index contributed by atoms with van der Waals surface area (Å²) in [5, 5.41) is 11.2. The fourth-order valence-corrected chi connectivity index (χ4v) is 7.06. The van der Waals surface area contributed by atoms with Gasteiger partial charge in [0.15, 0.2) is 0 Å². The molecule has 1 amide bonds. The molecule has 0 saturated carbocycles. The van der Waals surface area contributed by atoms with Crippen LogP contribution in [-0.2, 0) is 16.8 Å². The number of piperidine rings is 2. The molecule has 0 spiro atoms. The number of hydrogen-bond acceptors (Lipinski definition) is 4. The maximum atomic E-state index is 13.9. The Balaban J connectivity index is 1.20. The Kier molecular flexibility index (Phi) is 7.27. The first-order valence-corrected chi connectivity index (χ1v) is 14.7. The van der Waals surface area contributed by atoms with Crippen LogP contribution in [0.15, 0.2) is 54.7 Å². The fourth-order valence-electron chi connectivity index (χ4n) is 7.06. The van der Waals surface area contributed by atoms with E-state index in [0.29, 0.717) is 23.8 Å². The molecule has 2 saturated heterocycles. The minimum atomic E-state index is -1.05. The van der Waals surface area contributed by atoms with E-state index in [1.807, 2.05) is 42.5 Å². The van der Waals surface area contributed by atoms with Crippen molar-refractivity contribution in [1.29, 1.82) is 0 Å². The molecule has 3 aromatic rings. The van der Waals surface area contributed by atoms with Gasteiger partial charge in [-0.05, 0) is 81.2 Å². The number of H-pyrrole nitrogens is 1. The number of hydrogen-bond donors (Lipinski definition) is 2. The number of likely N-dealkylation sites (tertiary alicyclic amines) is 2. The molecular weight excluding hydrogens is 500 g/mol. The van der Waals surface area contributed by atoms with Gasteiger partial charge in [-0.1, -0.05) is 50.6 Å². The molecule has 1 aromatic heterocycles. The lowest BCUT2D eigenvalue weighted by Gasteiger charge is -2.40. The summed E-state index contributed by atoms with van der Waals surface area (Å²) >= 11 is 0. The molecule has 7 nitrogen and oxygen atoms in total. The van der Waals surface area contributed by atoms with Crippen molar-refractivity contribution in [2.75, 3.05) is 32.7 Å². The third-order valence-electron chi connectivity index (χ3n) is 9.04. The van der Waals surface area contributed by atoms with Crippen LogP contribution in [0, 0.1) is 0 Å². The maximum absolute atomic E-state index is 13.9. The van der Waals surface area contributed by atoms with E-state index in [0.717, 1.165) is 41.7 Å². The summed E-state index contributed by atoms with van der Waals surface area (Å²) < 4.78 is 0. The van der Waals surface area contributed by atoms with E-state index >= 15 is 0 Å². The summed E-state index contributed by atoms with van der Waals surface area (Å²) in [5.41, 5.74) is 3.78. The Labute approximate surface area is 236 Å². The predicted octanol–water partition coefficient (Wildman–Crippen LogP) is 5.48. The van der Waals surface area contributed by atoms with Crippen LogP contribution in [0.5, 0.6) is 0 Å². The first kappa shape index (κ1) is 26.8. The van der Waals surface area contributed by atoms with Gasteiger partial charge in [-0.25, -0.2) is 4.79 Å². The normalized spacial score (nSPS) is 20.6. The van der Waals surface area contributed by atoms with E-state index in [4.69, 9.17) is 0 Å². The molecule has 0 aliphatic carbocycles. The summed E-state index contributed by atoms with van der Waals surface area (Å²) in [7, 11) is 0. The maximum Gasteiger partial charge on any atom is 0.339 e. The van der Waals surface area contributed by atoms with E-state index in [1.54, 1.807) is 4.90 Å². The predicted molar refractivity (Wildman–Crippen MR) is 158 cm³/mol. The van der Waals surface area contributed by atoms with Crippen LogP contribution in [0.3, 0.4) is 0 Å². The van der Waals surface area contributed by atoms with Crippen LogP contribution < -0.4 is 0 Å². The highest BCUT2D eigenvalue weighted by molar-refractivity contribution is 6.17. The average Bonchev–Trinajstić information content (AvgIpc) is 3.30. The zero-order valence-electron chi connectivity index (χ0n) is 23.7. The van der Waals surface area contributed by atoms with E-state index in [9.17, 15) is 14.7 Å². The SMILES string of the molecule is CC1(C)CN(C(=O)c2cccc(CN3CCC(N4CCCCC4)CC3)c2)C=C(C(=O)O)c2[nH]c3ccccc3c21. The summed E-state index contributed by atoms with van der Waals surface area (Å²) in [5.74, 6) is -1.23. The van der Waals surface area contributed by atoms with Crippen molar-refractivity contribution in [2.24, 2.45) is 0 Å². The summed E-state index contributed by atoms with van der Waals surface area (Å²) in [6.07, 6.45) is 7.97. The van der Waals surface area contributed by atoms with Crippen molar-refractivity contribution in [2.45, 2.75) is 64.0 Å². The molecule has 0 radical (unpaired) electrons. The van der Waals surface area contributed by atoms with Gasteiger partial charge in [-0.15, -0.1) is 0 Å². The lowest BCUT2D eigenvalue weighted by atomic mass is 9.81. The largest absolute Gasteiger partial charge is 0.478 e.